The van der Waals surface area contributed by atoms with Gasteiger partial charge in [-0.25, -0.2) is 0 Å². The summed E-state index contributed by atoms with van der Waals surface area (Å²) in [4.78, 5) is 12.4. The molecule has 2 aromatic heterocycles. The molecule has 5 nitrogen and oxygen atoms in total. The molecule has 0 aliphatic rings. The minimum Gasteiger partial charge on any atom is -0.374 e. The third-order valence-electron chi connectivity index (χ3n) is 1.74. The van der Waals surface area contributed by atoms with Crippen molar-refractivity contribution in [3.63, 3.8) is 0 Å². The largest absolute Gasteiger partial charge is 0.374 e. The Morgan fingerprint density at radius 1 is 1.50 bits per heavy atom. The quantitative estimate of drug-likeness (QED) is 0.891. The van der Waals surface area contributed by atoms with Crippen molar-refractivity contribution in [2.45, 2.75) is 6.92 Å². The summed E-state index contributed by atoms with van der Waals surface area (Å²) in [5, 5.41) is 10.7. The van der Waals surface area contributed by atoms with E-state index < -0.39 is 0 Å². The third kappa shape index (κ3) is 2.39. The molecule has 8 heteroatoms. The van der Waals surface area contributed by atoms with Crippen molar-refractivity contribution in [1.82, 2.24) is 10.2 Å². The number of carbonyl (C=O) groups is 1. The number of aryl methyl sites for hydroxylation is 1. The molecule has 0 bridgehead atoms. The minimum absolute atomic E-state index is 0.199. The molecule has 0 fully saturated rings. The van der Waals surface area contributed by atoms with Crippen LogP contribution in [0, 0.1) is 6.92 Å². The number of nitrogens with one attached hydrogen (secondary N) is 1. The maximum absolute atomic E-state index is 11.8. The van der Waals surface area contributed by atoms with E-state index in [9.17, 15) is 4.79 Å². The number of carbonyl (C=O) groups excluding carboxylic acids is 1. The molecule has 0 aromatic carbocycles. The van der Waals surface area contributed by atoms with Gasteiger partial charge in [0, 0.05) is 0 Å². The van der Waals surface area contributed by atoms with Crippen LogP contribution in [0.5, 0.6) is 0 Å². The highest BCUT2D eigenvalue weighted by atomic mass is 79.9. The van der Waals surface area contributed by atoms with Crippen LogP contribution in [0.15, 0.2) is 9.85 Å². The van der Waals surface area contributed by atoms with Gasteiger partial charge < -0.3 is 5.73 Å². The van der Waals surface area contributed by atoms with Gasteiger partial charge in [0.25, 0.3) is 5.91 Å². The van der Waals surface area contributed by atoms with E-state index in [2.05, 4.69) is 31.4 Å². The second kappa shape index (κ2) is 4.48. The minimum atomic E-state index is -0.199. The summed E-state index contributed by atoms with van der Waals surface area (Å²) in [5.74, 6) is -0.199. The van der Waals surface area contributed by atoms with Crippen molar-refractivity contribution >= 4 is 54.8 Å². The molecule has 2 aromatic rings. The predicted molar refractivity (Wildman–Crippen MR) is 69.0 cm³/mol. The molecule has 2 heterocycles. The van der Waals surface area contributed by atoms with E-state index in [-0.39, 0.29) is 5.91 Å². The highest BCUT2D eigenvalue weighted by molar-refractivity contribution is 9.11. The van der Waals surface area contributed by atoms with Crippen molar-refractivity contribution in [2.75, 3.05) is 11.1 Å². The standard InChI is InChI=1S/C8H7BrN4OS2/c1-3-2-4(15-5(3)9)6(14)11-8-13-12-7(10)16-8/h2H,1H3,(H2,10,12)(H,11,13,14). The molecule has 3 N–H and O–H groups in total. The second-order valence-corrected chi connectivity index (χ2v) is 6.35. The Morgan fingerprint density at radius 3 is 2.75 bits per heavy atom. The number of nitrogens with zero attached hydrogens (tertiary/aromatic N) is 2. The normalized spacial score (nSPS) is 10.4. The predicted octanol–water partition coefficient (Wildman–Crippen LogP) is 2.51. The van der Waals surface area contributed by atoms with E-state index in [0.29, 0.717) is 15.1 Å². The summed E-state index contributed by atoms with van der Waals surface area (Å²) in [6.07, 6.45) is 0. The van der Waals surface area contributed by atoms with Crippen LogP contribution in [0.1, 0.15) is 15.2 Å². The van der Waals surface area contributed by atoms with E-state index >= 15 is 0 Å². The van der Waals surface area contributed by atoms with Gasteiger partial charge in [-0.15, -0.1) is 21.5 Å². The topological polar surface area (TPSA) is 80.9 Å². The molecule has 0 aliphatic heterocycles. The van der Waals surface area contributed by atoms with Gasteiger partial charge in [0.2, 0.25) is 10.3 Å². The molecule has 0 unspecified atom stereocenters. The van der Waals surface area contributed by atoms with Gasteiger partial charge >= 0.3 is 0 Å². The molecule has 0 saturated heterocycles. The molecular formula is C8H7BrN4OS2. The average Bonchev–Trinajstić information content (AvgIpc) is 2.75. The molecule has 0 aliphatic carbocycles. The smallest absolute Gasteiger partial charge is 0.267 e. The molecule has 2 rings (SSSR count). The fraction of sp³-hybridized carbons (Fsp3) is 0.125. The summed E-state index contributed by atoms with van der Waals surface area (Å²) in [6, 6.07) is 1.81. The Balaban J connectivity index is 2.14. The number of anilines is 2. The van der Waals surface area contributed by atoms with Crippen LogP contribution in [0.4, 0.5) is 10.3 Å². The van der Waals surface area contributed by atoms with Crippen LogP contribution >= 0.6 is 38.6 Å². The van der Waals surface area contributed by atoms with Crippen molar-refractivity contribution < 1.29 is 4.79 Å². The van der Waals surface area contributed by atoms with Gasteiger partial charge in [-0.05, 0) is 34.5 Å². The lowest BCUT2D eigenvalue weighted by Gasteiger charge is -1.95. The maximum atomic E-state index is 11.8. The zero-order valence-electron chi connectivity index (χ0n) is 8.15. The van der Waals surface area contributed by atoms with Crippen molar-refractivity contribution in [3.8, 4) is 0 Å². The number of rotatable bonds is 2. The SMILES string of the molecule is Cc1cc(C(=O)Nc2nnc(N)s2)sc1Br. The molecule has 0 saturated carbocycles. The second-order valence-electron chi connectivity index (χ2n) is 2.97. The molecule has 1 amide bonds. The number of hydrogen-bond acceptors (Lipinski definition) is 6. The third-order valence-corrected chi connectivity index (χ3v) is 4.55. The van der Waals surface area contributed by atoms with Gasteiger partial charge in [0.1, 0.15) is 0 Å². The van der Waals surface area contributed by atoms with Crippen molar-refractivity contribution in [3.05, 3.63) is 20.3 Å². The van der Waals surface area contributed by atoms with Crippen LogP contribution in [-0.4, -0.2) is 16.1 Å². The van der Waals surface area contributed by atoms with Gasteiger partial charge in [-0.1, -0.05) is 11.3 Å². The van der Waals surface area contributed by atoms with Crippen molar-refractivity contribution in [2.24, 2.45) is 0 Å². The molecular weight excluding hydrogens is 312 g/mol. The highest BCUT2D eigenvalue weighted by Crippen LogP contribution is 2.28. The zero-order valence-corrected chi connectivity index (χ0v) is 11.4. The molecule has 0 atom stereocenters. The Hall–Kier alpha value is -0.990. The lowest BCUT2D eigenvalue weighted by atomic mass is 10.3. The summed E-state index contributed by atoms with van der Waals surface area (Å²) in [5.41, 5.74) is 6.44. The van der Waals surface area contributed by atoms with Crippen LogP contribution < -0.4 is 11.1 Å². The van der Waals surface area contributed by atoms with E-state index in [1.54, 1.807) is 0 Å². The van der Waals surface area contributed by atoms with Gasteiger partial charge in [-0.2, -0.15) is 0 Å². The summed E-state index contributed by atoms with van der Waals surface area (Å²) >= 11 is 5.88. The zero-order chi connectivity index (χ0) is 11.7. The van der Waals surface area contributed by atoms with Crippen molar-refractivity contribution in [1.29, 1.82) is 0 Å². The summed E-state index contributed by atoms with van der Waals surface area (Å²) < 4.78 is 0.953. The Labute approximate surface area is 108 Å². The average molecular weight is 319 g/mol. The Kier molecular flexibility index (Phi) is 3.22. The van der Waals surface area contributed by atoms with Gasteiger partial charge in [0.05, 0.1) is 8.66 Å². The number of halogens is 1. The Morgan fingerprint density at radius 2 is 2.25 bits per heavy atom. The lowest BCUT2D eigenvalue weighted by molar-refractivity contribution is 0.103. The van der Waals surface area contributed by atoms with E-state index in [4.69, 9.17) is 5.73 Å². The first-order chi connectivity index (χ1) is 7.56. The van der Waals surface area contributed by atoms with Crippen LogP contribution in [0.25, 0.3) is 0 Å². The molecule has 84 valence electrons. The fourth-order valence-electron chi connectivity index (χ4n) is 1.02. The monoisotopic (exact) mass is 318 g/mol. The molecule has 0 radical (unpaired) electrons. The Bertz CT molecular complexity index is 516. The fourth-order valence-corrected chi connectivity index (χ4v) is 2.95. The number of hydrogen-bond donors (Lipinski definition) is 2. The summed E-state index contributed by atoms with van der Waals surface area (Å²) in [7, 11) is 0. The van der Waals surface area contributed by atoms with Gasteiger partial charge in [0.15, 0.2) is 0 Å². The van der Waals surface area contributed by atoms with E-state index in [1.807, 2.05) is 13.0 Å². The first-order valence-corrected chi connectivity index (χ1v) is 6.65. The summed E-state index contributed by atoms with van der Waals surface area (Å²) in [6.45, 7) is 1.93. The van der Waals surface area contributed by atoms with Crippen LogP contribution in [0.3, 0.4) is 0 Å². The lowest BCUT2D eigenvalue weighted by Crippen LogP contribution is -2.09. The number of thiophene rings is 1. The van der Waals surface area contributed by atoms with Crippen LogP contribution in [-0.2, 0) is 0 Å². The highest BCUT2D eigenvalue weighted by Gasteiger charge is 2.13. The first kappa shape index (κ1) is 11.5. The number of amides is 1. The first-order valence-electron chi connectivity index (χ1n) is 4.22. The van der Waals surface area contributed by atoms with E-state index in [0.717, 1.165) is 20.7 Å². The maximum Gasteiger partial charge on any atom is 0.267 e. The van der Waals surface area contributed by atoms with Crippen LogP contribution in [0.2, 0.25) is 0 Å². The van der Waals surface area contributed by atoms with E-state index in [1.165, 1.54) is 11.3 Å². The molecule has 0 spiro atoms. The number of nitrogen functional groups attached to an aromatic ring is 1. The van der Waals surface area contributed by atoms with Gasteiger partial charge in [-0.3, -0.25) is 10.1 Å². The molecule has 16 heavy (non-hydrogen) atoms. The number of aromatic nitrogens is 2. The number of nitrogens with two attached hydrogens (primary N) is 1.